The lowest BCUT2D eigenvalue weighted by Crippen LogP contribution is -2.33. The fourth-order valence-electron chi connectivity index (χ4n) is 1.67. The second-order valence-corrected chi connectivity index (χ2v) is 4.57. The molecule has 3 nitrogen and oxygen atoms in total. The minimum atomic E-state index is -0.816. The maximum Gasteiger partial charge on any atom is 0.118 e. The van der Waals surface area contributed by atoms with E-state index in [0.717, 1.165) is 17.7 Å². The summed E-state index contributed by atoms with van der Waals surface area (Å²) in [6.07, 6.45) is 1.55. The van der Waals surface area contributed by atoms with E-state index < -0.39 is 5.60 Å². The maximum absolute atomic E-state index is 10.2. The summed E-state index contributed by atoms with van der Waals surface area (Å²) in [5.41, 5.74) is 0.264. The van der Waals surface area contributed by atoms with Crippen LogP contribution in [0.4, 0.5) is 0 Å². The van der Waals surface area contributed by atoms with Gasteiger partial charge in [-0.2, -0.15) is 0 Å². The van der Waals surface area contributed by atoms with E-state index >= 15 is 0 Å². The summed E-state index contributed by atoms with van der Waals surface area (Å²) in [5, 5.41) is 10.2. The maximum atomic E-state index is 10.2. The zero-order chi connectivity index (χ0) is 12.7. The van der Waals surface area contributed by atoms with Crippen molar-refractivity contribution in [2.75, 3.05) is 20.3 Å². The van der Waals surface area contributed by atoms with Crippen molar-refractivity contribution in [3.05, 3.63) is 29.8 Å². The number of aliphatic hydroxyl groups is 1. The Labute approximate surface area is 103 Å². The summed E-state index contributed by atoms with van der Waals surface area (Å²) < 4.78 is 10.5. The quantitative estimate of drug-likeness (QED) is 0.741. The van der Waals surface area contributed by atoms with Crippen LogP contribution in [0, 0.1) is 0 Å². The van der Waals surface area contributed by atoms with Crippen LogP contribution in [0.1, 0.15) is 25.8 Å². The molecule has 0 aromatic heterocycles. The fraction of sp³-hybridized carbons (Fsp3) is 0.571. The first kappa shape index (κ1) is 14.0. The molecular formula is C14H22O3. The first-order chi connectivity index (χ1) is 8.07. The van der Waals surface area contributed by atoms with E-state index in [9.17, 15) is 5.11 Å². The Kier molecular flexibility index (Phi) is 5.45. The van der Waals surface area contributed by atoms with E-state index in [0.29, 0.717) is 19.6 Å². The molecule has 1 aromatic carbocycles. The monoisotopic (exact) mass is 238 g/mol. The van der Waals surface area contributed by atoms with Crippen molar-refractivity contribution in [2.45, 2.75) is 32.3 Å². The van der Waals surface area contributed by atoms with Gasteiger partial charge in [-0.05, 0) is 31.0 Å². The SMILES string of the molecule is CCCOCC(C)(O)Cc1ccc(OC)cc1. The van der Waals surface area contributed by atoms with Gasteiger partial charge in [0.1, 0.15) is 5.75 Å². The van der Waals surface area contributed by atoms with Crippen molar-refractivity contribution in [1.82, 2.24) is 0 Å². The van der Waals surface area contributed by atoms with Crippen LogP contribution in [-0.4, -0.2) is 31.0 Å². The number of methoxy groups -OCH3 is 1. The Morgan fingerprint density at radius 2 is 1.88 bits per heavy atom. The summed E-state index contributed by atoms with van der Waals surface area (Å²) in [6, 6.07) is 7.73. The zero-order valence-corrected chi connectivity index (χ0v) is 10.9. The second kappa shape index (κ2) is 6.62. The average molecular weight is 238 g/mol. The molecule has 0 heterocycles. The van der Waals surface area contributed by atoms with Crippen LogP contribution in [0.5, 0.6) is 5.75 Å². The number of hydrogen-bond acceptors (Lipinski definition) is 3. The molecule has 0 aliphatic rings. The van der Waals surface area contributed by atoms with Crippen LogP contribution < -0.4 is 4.74 Å². The molecule has 1 unspecified atom stereocenters. The Morgan fingerprint density at radius 3 is 2.41 bits per heavy atom. The third-order valence-corrected chi connectivity index (χ3v) is 2.51. The Hall–Kier alpha value is -1.06. The van der Waals surface area contributed by atoms with E-state index in [1.165, 1.54) is 0 Å². The predicted octanol–water partition coefficient (Wildman–Crippen LogP) is 2.42. The van der Waals surface area contributed by atoms with Gasteiger partial charge >= 0.3 is 0 Å². The molecule has 1 atom stereocenters. The molecule has 0 aliphatic heterocycles. The van der Waals surface area contributed by atoms with E-state index in [1.807, 2.05) is 24.3 Å². The van der Waals surface area contributed by atoms with Gasteiger partial charge in [-0.15, -0.1) is 0 Å². The first-order valence-electron chi connectivity index (χ1n) is 6.00. The molecule has 0 aliphatic carbocycles. The van der Waals surface area contributed by atoms with Gasteiger partial charge in [0, 0.05) is 13.0 Å². The van der Waals surface area contributed by atoms with Crippen LogP contribution in [0.3, 0.4) is 0 Å². The Bertz CT molecular complexity index is 317. The van der Waals surface area contributed by atoms with Crippen LogP contribution >= 0.6 is 0 Å². The Balaban J connectivity index is 2.50. The molecule has 0 spiro atoms. The Morgan fingerprint density at radius 1 is 1.24 bits per heavy atom. The summed E-state index contributed by atoms with van der Waals surface area (Å²) in [5.74, 6) is 0.829. The van der Waals surface area contributed by atoms with Gasteiger partial charge in [-0.3, -0.25) is 0 Å². The highest BCUT2D eigenvalue weighted by molar-refractivity contribution is 5.27. The highest BCUT2D eigenvalue weighted by Crippen LogP contribution is 2.17. The topological polar surface area (TPSA) is 38.7 Å². The second-order valence-electron chi connectivity index (χ2n) is 4.57. The van der Waals surface area contributed by atoms with Gasteiger partial charge in [-0.25, -0.2) is 0 Å². The molecule has 0 radical (unpaired) electrons. The normalized spacial score (nSPS) is 14.4. The predicted molar refractivity (Wildman–Crippen MR) is 68.4 cm³/mol. The molecule has 0 saturated heterocycles. The molecule has 96 valence electrons. The minimum absolute atomic E-state index is 0.368. The highest BCUT2D eigenvalue weighted by atomic mass is 16.5. The summed E-state index contributed by atoms with van der Waals surface area (Å²) in [7, 11) is 1.64. The van der Waals surface area contributed by atoms with Crippen molar-refractivity contribution in [3.63, 3.8) is 0 Å². The smallest absolute Gasteiger partial charge is 0.118 e. The van der Waals surface area contributed by atoms with Gasteiger partial charge in [0.15, 0.2) is 0 Å². The number of rotatable bonds is 7. The summed E-state index contributed by atoms with van der Waals surface area (Å²) >= 11 is 0. The summed E-state index contributed by atoms with van der Waals surface area (Å²) in [4.78, 5) is 0. The highest BCUT2D eigenvalue weighted by Gasteiger charge is 2.21. The molecule has 0 fully saturated rings. The number of hydrogen-bond donors (Lipinski definition) is 1. The molecule has 3 heteroatoms. The molecule has 1 aromatic rings. The molecule has 0 bridgehead atoms. The lowest BCUT2D eigenvalue weighted by atomic mass is 9.97. The van der Waals surface area contributed by atoms with Crippen LogP contribution in [0.15, 0.2) is 24.3 Å². The van der Waals surface area contributed by atoms with Crippen molar-refractivity contribution < 1.29 is 14.6 Å². The van der Waals surface area contributed by atoms with Crippen molar-refractivity contribution in [1.29, 1.82) is 0 Å². The largest absolute Gasteiger partial charge is 0.497 e. The van der Waals surface area contributed by atoms with Gasteiger partial charge < -0.3 is 14.6 Å². The van der Waals surface area contributed by atoms with Crippen molar-refractivity contribution in [2.24, 2.45) is 0 Å². The molecule has 1 rings (SSSR count). The molecule has 0 amide bonds. The average Bonchev–Trinajstić information content (AvgIpc) is 2.30. The third kappa shape index (κ3) is 5.20. The van der Waals surface area contributed by atoms with Crippen LogP contribution in [0.2, 0.25) is 0 Å². The number of ether oxygens (including phenoxy) is 2. The molecule has 0 saturated carbocycles. The number of benzene rings is 1. The standard InChI is InChI=1S/C14H22O3/c1-4-9-17-11-14(2,15)10-12-5-7-13(16-3)8-6-12/h5-8,15H,4,9-11H2,1-3H3. The van der Waals surface area contributed by atoms with E-state index in [-0.39, 0.29) is 0 Å². The lowest BCUT2D eigenvalue weighted by molar-refractivity contribution is -0.0328. The molecule has 1 N–H and O–H groups in total. The third-order valence-electron chi connectivity index (χ3n) is 2.51. The zero-order valence-electron chi connectivity index (χ0n) is 10.9. The summed E-state index contributed by atoms with van der Waals surface area (Å²) in [6.45, 7) is 4.91. The molecule has 17 heavy (non-hydrogen) atoms. The van der Waals surface area contributed by atoms with Gasteiger partial charge in [0.05, 0.1) is 19.3 Å². The van der Waals surface area contributed by atoms with Gasteiger partial charge in [0.25, 0.3) is 0 Å². The van der Waals surface area contributed by atoms with E-state index in [1.54, 1.807) is 14.0 Å². The lowest BCUT2D eigenvalue weighted by Gasteiger charge is -2.23. The fourth-order valence-corrected chi connectivity index (χ4v) is 1.67. The van der Waals surface area contributed by atoms with Crippen molar-refractivity contribution in [3.8, 4) is 5.75 Å². The first-order valence-corrected chi connectivity index (χ1v) is 6.00. The van der Waals surface area contributed by atoms with E-state index in [4.69, 9.17) is 9.47 Å². The minimum Gasteiger partial charge on any atom is -0.497 e. The van der Waals surface area contributed by atoms with E-state index in [2.05, 4.69) is 6.92 Å². The van der Waals surface area contributed by atoms with Gasteiger partial charge in [-0.1, -0.05) is 19.1 Å². The van der Waals surface area contributed by atoms with Crippen LogP contribution in [0.25, 0.3) is 0 Å². The molecular weight excluding hydrogens is 216 g/mol. The van der Waals surface area contributed by atoms with Gasteiger partial charge in [0.2, 0.25) is 0 Å². The van der Waals surface area contributed by atoms with Crippen molar-refractivity contribution >= 4 is 0 Å². The van der Waals surface area contributed by atoms with Crippen LogP contribution in [-0.2, 0) is 11.2 Å².